The van der Waals surface area contributed by atoms with E-state index in [0.29, 0.717) is 22.8 Å². The molecule has 3 aromatic rings. The highest BCUT2D eigenvalue weighted by atomic mass is 32.2. The van der Waals surface area contributed by atoms with Gasteiger partial charge in [0.15, 0.2) is 11.5 Å². The van der Waals surface area contributed by atoms with Crippen molar-refractivity contribution in [3.05, 3.63) is 46.8 Å². The van der Waals surface area contributed by atoms with Gasteiger partial charge < -0.3 is 14.0 Å². The Morgan fingerprint density at radius 2 is 1.69 bits per heavy atom. The van der Waals surface area contributed by atoms with Crippen LogP contribution in [0.15, 0.2) is 45.7 Å². The molecule has 0 saturated heterocycles. The molecular weight excluding hydrogens is 372 g/mol. The van der Waals surface area contributed by atoms with Crippen LogP contribution in [0.25, 0.3) is 10.2 Å². The van der Waals surface area contributed by atoms with Gasteiger partial charge in [-0.15, -0.1) is 4.40 Å². The Hall–Kier alpha value is -2.32. The van der Waals surface area contributed by atoms with E-state index in [0.717, 1.165) is 15.8 Å². The summed E-state index contributed by atoms with van der Waals surface area (Å²) in [5, 5.41) is 0. The van der Waals surface area contributed by atoms with Crippen LogP contribution >= 0.6 is 11.3 Å². The van der Waals surface area contributed by atoms with E-state index in [1.807, 2.05) is 30.5 Å². The lowest BCUT2D eigenvalue weighted by atomic mass is 10.2. The van der Waals surface area contributed by atoms with Gasteiger partial charge >= 0.3 is 0 Å². The van der Waals surface area contributed by atoms with Crippen molar-refractivity contribution in [2.24, 2.45) is 4.40 Å². The minimum absolute atomic E-state index is 0.179. The Morgan fingerprint density at radius 3 is 2.27 bits per heavy atom. The predicted molar refractivity (Wildman–Crippen MR) is 103 cm³/mol. The number of rotatable bonds is 5. The molecule has 2 aromatic carbocycles. The van der Waals surface area contributed by atoms with Gasteiger partial charge in [-0.05, 0) is 26.0 Å². The predicted octanol–water partition coefficient (Wildman–Crippen LogP) is 3.34. The van der Waals surface area contributed by atoms with Crippen LogP contribution in [0.1, 0.15) is 12.5 Å². The number of hydrogen-bond donors (Lipinski definition) is 0. The summed E-state index contributed by atoms with van der Waals surface area (Å²) in [6.45, 7) is 4.43. The normalized spacial score (nSPS) is 12.5. The second-order valence-electron chi connectivity index (χ2n) is 5.68. The molecule has 0 aliphatic carbocycles. The first-order chi connectivity index (χ1) is 12.4. The third-order valence-corrected chi connectivity index (χ3v) is 6.46. The van der Waals surface area contributed by atoms with Crippen molar-refractivity contribution in [2.45, 2.75) is 25.3 Å². The second kappa shape index (κ2) is 7.13. The summed E-state index contributed by atoms with van der Waals surface area (Å²) in [5.74, 6) is 1.19. The molecule has 0 aliphatic heterocycles. The Morgan fingerprint density at radius 1 is 1.08 bits per heavy atom. The Bertz CT molecular complexity index is 1110. The highest BCUT2D eigenvalue weighted by Crippen LogP contribution is 2.33. The minimum atomic E-state index is -3.79. The van der Waals surface area contributed by atoms with E-state index in [2.05, 4.69) is 4.40 Å². The van der Waals surface area contributed by atoms with Gasteiger partial charge in [-0.2, -0.15) is 8.42 Å². The first-order valence-corrected chi connectivity index (χ1v) is 10.3. The quantitative estimate of drug-likeness (QED) is 0.668. The molecule has 26 heavy (non-hydrogen) atoms. The molecule has 0 unspecified atom stereocenters. The summed E-state index contributed by atoms with van der Waals surface area (Å²) in [4.78, 5) is 0.594. The van der Waals surface area contributed by atoms with Crippen molar-refractivity contribution >= 4 is 31.6 Å². The van der Waals surface area contributed by atoms with Crippen molar-refractivity contribution in [3.63, 3.8) is 0 Å². The topological polar surface area (TPSA) is 69.9 Å². The third kappa shape index (κ3) is 3.34. The van der Waals surface area contributed by atoms with Gasteiger partial charge in [0.25, 0.3) is 10.0 Å². The smallest absolute Gasteiger partial charge is 0.285 e. The third-order valence-electron chi connectivity index (χ3n) is 4.02. The molecule has 138 valence electrons. The molecular formula is C18H20N2O4S2. The summed E-state index contributed by atoms with van der Waals surface area (Å²) >= 11 is 1.30. The zero-order valence-corrected chi connectivity index (χ0v) is 16.6. The average Bonchev–Trinajstić information content (AvgIpc) is 2.95. The molecule has 0 fully saturated rings. The van der Waals surface area contributed by atoms with Gasteiger partial charge in [0.05, 0.1) is 29.3 Å². The van der Waals surface area contributed by atoms with Gasteiger partial charge in [-0.3, -0.25) is 0 Å². The van der Waals surface area contributed by atoms with Gasteiger partial charge in [0.2, 0.25) is 4.80 Å². The van der Waals surface area contributed by atoms with Gasteiger partial charge in [-0.1, -0.05) is 29.0 Å². The standard InChI is InChI=1S/C18H20N2O4S2/c1-5-20-14-10-15(23-3)16(24-4)11-17(14)25-18(20)19-26(21,22)13-8-6-12(2)7-9-13/h6-11H,5H2,1-4H3/b19-18-. The maximum Gasteiger partial charge on any atom is 0.285 e. The highest BCUT2D eigenvalue weighted by molar-refractivity contribution is 7.90. The average molecular weight is 393 g/mol. The summed E-state index contributed by atoms with van der Waals surface area (Å²) in [6.07, 6.45) is 0. The zero-order chi connectivity index (χ0) is 18.9. The number of sulfonamides is 1. The second-order valence-corrected chi connectivity index (χ2v) is 8.30. The zero-order valence-electron chi connectivity index (χ0n) is 15.0. The first kappa shape index (κ1) is 18.5. The van der Waals surface area contributed by atoms with E-state index in [4.69, 9.17) is 9.47 Å². The fourth-order valence-corrected chi connectivity index (χ4v) is 4.95. The monoisotopic (exact) mass is 392 g/mol. The number of hydrogen-bond acceptors (Lipinski definition) is 5. The molecule has 3 rings (SSSR count). The summed E-state index contributed by atoms with van der Waals surface area (Å²) in [7, 11) is -0.653. The molecule has 0 radical (unpaired) electrons. The van der Waals surface area contributed by atoms with Crippen LogP contribution in [0.3, 0.4) is 0 Å². The van der Waals surface area contributed by atoms with Gasteiger partial charge in [0.1, 0.15) is 0 Å². The van der Waals surface area contributed by atoms with E-state index in [1.54, 1.807) is 38.5 Å². The molecule has 0 aliphatic rings. The SMILES string of the molecule is CCn1/c(=N/S(=O)(=O)c2ccc(C)cc2)sc2cc(OC)c(OC)cc21. The number of fused-ring (bicyclic) bond motifs is 1. The number of methoxy groups -OCH3 is 2. The van der Waals surface area contributed by atoms with Crippen molar-refractivity contribution < 1.29 is 17.9 Å². The fraction of sp³-hybridized carbons (Fsp3) is 0.278. The van der Waals surface area contributed by atoms with E-state index >= 15 is 0 Å². The van der Waals surface area contributed by atoms with Gasteiger partial charge in [-0.25, -0.2) is 0 Å². The summed E-state index contributed by atoms with van der Waals surface area (Å²) in [5.41, 5.74) is 1.85. The van der Waals surface area contributed by atoms with Crippen LogP contribution in [0.4, 0.5) is 0 Å². The molecule has 8 heteroatoms. The van der Waals surface area contributed by atoms with Crippen molar-refractivity contribution in [1.82, 2.24) is 4.57 Å². The molecule has 0 amide bonds. The lowest BCUT2D eigenvalue weighted by Crippen LogP contribution is -2.16. The van der Waals surface area contributed by atoms with Crippen LogP contribution in [0.2, 0.25) is 0 Å². The molecule has 0 bridgehead atoms. The van der Waals surface area contributed by atoms with Crippen LogP contribution in [0.5, 0.6) is 11.5 Å². The van der Waals surface area contributed by atoms with E-state index in [9.17, 15) is 8.42 Å². The maximum absolute atomic E-state index is 12.7. The molecule has 0 spiro atoms. The number of ether oxygens (including phenoxy) is 2. The van der Waals surface area contributed by atoms with Crippen molar-refractivity contribution in [1.29, 1.82) is 0 Å². The largest absolute Gasteiger partial charge is 0.493 e. The van der Waals surface area contributed by atoms with Crippen LogP contribution < -0.4 is 14.3 Å². The van der Waals surface area contributed by atoms with Crippen LogP contribution in [-0.4, -0.2) is 27.2 Å². The van der Waals surface area contributed by atoms with Crippen LogP contribution in [0, 0.1) is 6.92 Å². The lowest BCUT2D eigenvalue weighted by Gasteiger charge is -2.08. The number of benzene rings is 2. The number of thiazole rings is 1. The molecule has 1 heterocycles. The Labute approximate surface area is 156 Å². The molecule has 0 N–H and O–H groups in total. The minimum Gasteiger partial charge on any atom is -0.493 e. The first-order valence-electron chi connectivity index (χ1n) is 8.02. The van der Waals surface area contributed by atoms with Crippen LogP contribution in [-0.2, 0) is 16.6 Å². The highest BCUT2D eigenvalue weighted by Gasteiger charge is 2.16. The lowest BCUT2D eigenvalue weighted by molar-refractivity contribution is 0.355. The Balaban J connectivity index is 2.23. The molecule has 0 saturated carbocycles. The number of nitrogens with zero attached hydrogens (tertiary/aromatic N) is 2. The van der Waals surface area contributed by atoms with Crippen molar-refractivity contribution in [2.75, 3.05) is 14.2 Å². The number of aryl methyl sites for hydroxylation is 2. The van der Waals surface area contributed by atoms with Gasteiger partial charge in [0, 0.05) is 18.7 Å². The molecule has 1 aromatic heterocycles. The maximum atomic E-state index is 12.7. The Kier molecular flexibility index (Phi) is 5.06. The van der Waals surface area contributed by atoms with E-state index in [1.165, 1.54) is 11.3 Å². The van der Waals surface area contributed by atoms with Crippen molar-refractivity contribution in [3.8, 4) is 11.5 Å². The van der Waals surface area contributed by atoms with E-state index < -0.39 is 10.0 Å². The summed E-state index contributed by atoms with van der Waals surface area (Å²) < 4.78 is 42.9. The summed E-state index contributed by atoms with van der Waals surface area (Å²) in [6, 6.07) is 10.3. The fourth-order valence-electron chi connectivity index (χ4n) is 2.64. The molecule has 0 atom stereocenters. The molecule has 6 nitrogen and oxygen atoms in total. The van der Waals surface area contributed by atoms with E-state index in [-0.39, 0.29) is 4.90 Å². The number of aromatic nitrogens is 1.